The lowest BCUT2D eigenvalue weighted by atomic mass is 9.76. The molecule has 0 heterocycles. The average Bonchev–Trinajstić information content (AvgIpc) is 3.87. The molecule has 0 amide bonds. The monoisotopic (exact) mass is 724 g/mol. The van der Waals surface area contributed by atoms with E-state index in [1.54, 1.807) is 0 Å². The average molecular weight is 725 g/mol. The summed E-state index contributed by atoms with van der Waals surface area (Å²) in [4.78, 5) is 0. The minimum absolute atomic E-state index is 0.201. The van der Waals surface area contributed by atoms with E-state index in [0.29, 0.717) is 0 Å². The smallest absolute Gasteiger partial charge is 0.0165 e. The zero-order valence-corrected chi connectivity index (χ0v) is 32.1. The highest BCUT2D eigenvalue weighted by Crippen LogP contribution is 2.64. The SMILES string of the molecule is CC1(C)c2ccccc2-c2cccc(C3=C4C(=C(c5ccccc5)c5cc(-c6ccccc6)c(-c6ccccc6)cc54)C(c4ccccc4)=C3c3ccccc3)c21. The van der Waals surface area contributed by atoms with Gasteiger partial charge in [0, 0.05) is 5.41 Å². The third-order valence-corrected chi connectivity index (χ3v) is 12.4. The summed E-state index contributed by atoms with van der Waals surface area (Å²) in [5.74, 6) is 0. The molecule has 0 nitrogen and oxygen atoms in total. The normalized spacial score (nSPS) is 14.8. The van der Waals surface area contributed by atoms with Gasteiger partial charge in [-0.25, -0.2) is 0 Å². The van der Waals surface area contributed by atoms with E-state index in [-0.39, 0.29) is 5.41 Å². The van der Waals surface area contributed by atoms with Gasteiger partial charge in [0.2, 0.25) is 0 Å². The minimum atomic E-state index is -0.201. The van der Waals surface area contributed by atoms with E-state index in [1.165, 1.54) is 111 Å². The predicted molar refractivity (Wildman–Crippen MR) is 240 cm³/mol. The summed E-state index contributed by atoms with van der Waals surface area (Å²) in [5, 5.41) is 0. The molecule has 0 saturated heterocycles. The second-order valence-corrected chi connectivity index (χ2v) is 15.9. The number of allylic oxidation sites excluding steroid dienone is 5. The molecule has 57 heavy (non-hydrogen) atoms. The highest BCUT2D eigenvalue weighted by Gasteiger charge is 2.44. The summed E-state index contributed by atoms with van der Waals surface area (Å²) in [6.45, 7) is 4.83. The number of hydrogen-bond donors (Lipinski definition) is 0. The molecule has 0 spiro atoms. The van der Waals surface area contributed by atoms with Crippen molar-refractivity contribution in [2.45, 2.75) is 19.3 Å². The lowest BCUT2D eigenvalue weighted by molar-refractivity contribution is 0.659. The Morgan fingerprint density at radius 1 is 0.246 bits per heavy atom. The Kier molecular flexibility index (Phi) is 7.63. The van der Waals surface area contributed by atoms with E-state index in [0.717, 1.165) is 0 Å². The summed E-state index contributed by atoms with van der Waals surface area (Å²) in [6.07, 6.45) is 0. The third-order valence-electron chi connectivity index (χ3n) is 12.4. The molecule has 0 aliphatic heterocycles. The molecule has 0 radical (unpaired) electrons. The van der Waals surface area contributed by atoms with Crippen molar-refractivity contribution in [1.82, 2.24) is 0 Å². The fourth-order valence-electron chi connectivity index (χ4n) is 10.0. The molecule has 268 valence electrons. The van der Waals surface area contributed by atoms with Crippen LogP contribution in [0.2, 0.25) is 0 Å². The molecule has 0 saturated carbocycles. The molecular formula is C57H40. The minimum Gasteiger partial charge on any atom is -0.0622 e. The maximum Gasteiger partial charge on any atom is 0.0165 e. The van der Waals surface area contributed by atoms with Crippen molar-refractivity contribution in [1.29, 1.82) is 0 Å². The van der Waals surface area contributed by atoms with Gasteiger partial charge >= 0.3 is 0 Å². The third kappa shape index (κ3) is 5.07. The Bertz CT molecular complexity index is 2960. The Balaban J connectivity index is 1.35. The zero-order valence-electron chi connectivity index (χ0n) is 32.1. The Hall–Kier alpha value is -7.02. The van der Waals surface area contributed by atoms with Crippen LogP contribution < -0.4 is 0 Å². The van der Waals surface area contributed by atoms with Crippen LogP contribution >= 0.6 is 0 Å². The standard InChI is InChI=1S/C57H40/c1-57(2)49-34-19-18-31-42(49)43-32-20-33-44(56(43)57)53-51(40-27-14-6-15-28-40)52(41-29-16-7-17-30-41)55-50(39-25-12-5-13-26-39)47-35-45(37-21-8-3-9-22-37)46(36-48(47)54(53)55)38-23-10-4-11-24-38/h3-36H,1-2H3. The molecule has 0 bridgehead atoms. The van der Waals surface area contributed by atoms with Crippen LogP contribution in [0.25, 0.3) is 61.2 Å². The van der Waals surface area contributed by atoms with Crippen LogP contribution in [-0.4, -0.2) is 0 Å². The van der Waals surface area contributed by atoms with E-state index in [4.69, 9.17) is 0 Å². The lowest BCUT2D eigenvalue weighted by Crippen LogP contribution is -2.17. The Morgan fingerprint density at radius 2 is 0.614 bits per heavy atom. The van der Waals surface area contributed by atoms with Crippen molar-refractivity contribution in [3.05, 3.63) is 256 Å². The topological polar surface area (TPSA) is 0 Å². The number of fused-ring (bicyclic) bond motifs is 6. The molecule has 11 rings (SSSR count). The first-order valence-electron chi connectivity index (χ1n) is 20.0. The Labute approximate surface area is 335 Å². The van der Waals surface area contributed by atoms with Gasteiger partial charge in [0.25, 0.3) is 0 Å². The summed E-state index contributed by atoms with van der Waals surface area (Å²) >= 11 is 0. The fourth-order valence-corrected chi connectivity index (χ4v) is 10.0. The van der Waals surface area contributed by atoms with Crippen molar-refractivity contribution in [2.24, 2.45) is 0 Å². The molecule has 0 fully saturated rings. The quantitative estimate of drug-likeness (QED) is 0.160. The van der Waals surface area contributed by atoms with Gasteiger partial charge in [0.05, 0.1) is 0 Å². The number of benzene rings is 8. The molecule has 0 atom stereocenters. The van der Waals surface area contributed by atoms with E-state index < -0.39 is 0 Å². The van der Waals surface area contributed by atoms with Gasteiger partial charge in [-0.1, -0.05) is 208 Å². The van der Waals surface area contributed by atoms with E-state index >= 15 is 0 Å². The first-order valence-corrected chi connectivity index (χ1v) is 20.0. The second kappa shape index (κ2) is 13.0. The van der Waals surface area contributed by atoms with Gasteiger partial charge in [-0.15, -0.1) is 0 Å². The van der Waals surface area contributed by atoms with Crippen LogP contribution in [0.3, 0.4) is 0 Å². The van der Waals surface area contributed by atoms with Gasteiger partial charge in [-0.2, -0.15) is 0 Å². The van der Waals surface area contributed by atoms with Crippen molar-refractivity contribution in [3.63, 3.8) is 0 Å². The van der Waals surface area contributed by atoms with E-state index in [1.807, 2.05) is 0 Å². The van der Waals surface area contributed by atoms with Crippen LogP contribution in [0.5, 0.6) is 0 Å². The molecule has 3 aliphatic carbocycles. The molecule has 0 unspecified atom stereocenters. The molecule has 0 N–H and O–H groups in total. The van der Waals surface area contributed by atoms with Gasteiger partial charge in [0.1, 0.15) is 0 Å². The van der Waals surface area contributed by atoms with E-state index in [9.17, 15) is 0 Å². The van der Waals surface area contributed by atoms with Crippen LogP contribution in [0.4, 0.5) is 0 Å². The van der Waals surface area contributed by atoms with Crippen LogP contribution in [0.1, 0.15) is 58.4 Å². The summed E-state index contributed by atoms with van der Waals surface area (Å²) in [7, 11) is 0. The predicted octanol–water partition coefficient (Wildman–Crippen LogP) is 14.7. The van der Waals surface area contributed by atoms with Crippen LogP contribution in [-0.2, 0) is 5.41 Å². The second-order valence-electron chi connectivity index (χ2n) is 15.9. The summed E-state index contributed by atoms with van der Waals surface area (Å²) in [6, 6.07) is 76.3. The first kappa shape index (κ1) is 33.3. The Morgan fingerprint density at radius 3 is 1.14 bits per heavy atom. The van der Waals surface area contributed by atoms with Gasteiger partial charge in [0.15, 0.2) is 0 Å². The zero-order chi connectivity index (χ0) is 38.1. The highest BCUT2D eigenvalue weighted by atomic mass is 14.5. The fraction of sp³-hybridized carbons (Fsp3) is 0.0526. The maximum absolute atomic E-state index is 2.51. The van der Waals surface area contributed by atoms with Crippen molar-refractivity contribution in [3.8, 4) is 33.4 Å². The molecule has 0 aromatic heterocycles. The van der Waals surface area contributed by atoms with Crippen molar-refractivity contribution < 1.29 is 0 Å². The highest BCUT2D eigenvalue weighted by molar-refractivity contribution is 6.39. The summed E-state index contributed by atoms with van der Waals surface area (Å²) in [5.41, 5.74) is 25.5. The molecular weight excluding hydrogens is 685 g/mol. The maximum atomic E-state index is 2.51. The van der Waals surface area contributed by atoms with E-state index in [2.05, 4.69) is 220 Å². The van der Waals surface area contributed by atoms with Gasteiger partial charge in [-0.3, -0.25) is 0 Å². The number of hydrogen-bond acceptors (Lipinski definition) is 0. The molecule has 8 aromatic rings. The van der Waals surface area contributed by atoms with Crippen molar-refractivity contribution in [2.75, 3.05) is 0 Å². The van der Waals surface area contributed by atoms with Gasteiger partial charge in [-0.05, 0) is 123 Å². The molecule has 3 aliphatic rings. The largest absolute Gasteiger partial charge is 0.0622 e. The molecule has 0 heteroatoms. The number of rotatable bonds is 6. The van der Waals surface area contributed by atoms with Crippen LogP contribution in [0, 0.1) is 0 Å². The first-order chi connectivity index (χ1) is 28.1. The summed E-state index contributed by atoms with van der Waals surface area (Å²) < 4.78 is 0. The van der Waals surface area contributed by atoms with Crippen LogP contribution in [0.15, 0.2) is 212 Å². The molecule has 8 aromatic carbocycles. The van der Waals surface area contributed by atoms with Gasteiger partial charge < -0.3 is 0 Å². The lowest BCUT2D eigenvalue weighted by Gasteiger charge is -2.26. The van der Waals surface area contributed by atoms with Crippen molar-refractivity contribution >= 4 is 27.9 Å².